The molecule has 1 unspecified atom stereocenters. The summed E-state index contributed by atoms with van der Waals surface area (Å²) in [5.41, 5.74) is 3.72. The molecular weight excluding hydrogens is 374 g/mol. The number of Topliss-reactive ketones (excluding diaryl/α,β-unsaturated/α-hetero) is 1. The molecular formula is C25H31N3O2. The van der Waals surface area contributed by atoms with Gasteiger partial charge in [0.25, 0.3) is 5.91 Å². The van der Waals surface area contributed by atoms with E-state index in [1.165, 1.54) is 18.2 Å². The second kappa shape index (κ2) is 9.00. The molecule has 5 heteroatoms. The maximum absolute atomic E-state index is 13.2. The molecule has 0 N–H and O–H groups in total. The average Bonchev–Trinajstić information content (AvgIpc) is 2.79. The summed E-state index contributed by atoms with van der Waals surface area (Å²) in [7, 11) is 0. The number of nitrogens with zero attached hydrogens (tertiary/aromatic N) is 3. The Kier molecular flexibility index (Phi) is 6.18. The van der Waals surface area contributed by atoms with Crippen molar-refractivity contribution in [3.8, 4) is 0 Å². The quantitative estimate of drug-likeness (QED) is 0.729. The predicted octanol–water partition coefficient (Wildman–Crippen LogP) is 3.62. The van der Waals surface area contributed by atoms with Crippen LogP contribution in [0.25, 0.3) is 0 Å². The minimum atomic E-state index is -0.0557. The van der Waals surface area contributed by atoms with Gasteiger partial charge in [-0.05, 0) is 44.4 Å². The zero-order valence-corrected chi connectivity index (χ0v) is 18.0. The van der Waals surface area contributed by atoms with Gasteiger partial charge < -0.3 is 9.80 Å². The number of likely N-dealkylation sites (tertiary alicyclic amines) is 1. The minimum Gasteiger partial charge on any atom is -0.369 e. The molecule has 30 heavy (non-hydrogen) atoms. The lowest BCUT2D eigenvalue weighted by Crippen LogP contribution is -2.56. The molecule has 0 aliphatic carbocycles. The van der Waals surface area contributed by atoms with Crippen LogP contribution in [0, 0.1) is 6.92 Å². The van der Waals surface area contributed by atoms with E-state index >= 15 is 0 Å². The van der Waals surface area contributed by atoms with Crippen LogP contribution in [-0.4, -0.2) is 66.8 Å². The maximum Gasteiger partial charge on any atom is 0.254 e. The molecule has 0 saturated carbocycles. The van der Waals surface area contributed by atoms with Gasteiger partial charge in [-0.25, -0.2) is 0 Å². The summed E-state index contributed by atoms with van der Waals surface area (Å²) in [4.78, 5) is 32.1. The number of para-hydroxylation sites is 1. The molecule has 158 valence electrons. The number of piperidine rings is 1. The monoisotopic (exact) mass is 405 g/mol. The summed E-state index contributed by atoms with van der Waals surface area (Å²) in [5, 5.41) is 0. The summed E-state index contributed by atoms with van der Waals surface area (Å²) >= 11 is 0. The second-order valence-electron chi connectivity index (χ2n) is 8.46. The highest BCUT2D eigenvalue weighted by Crippen LogP contribution is 2.24. The van der Waals surface area contributed by atoms with E-state index in [-0.39, 0.29) is 11.7 Å². The molecule has 2 fully saturated rings. The topological polar surface area (TPSA) is 43.9 Å². The van der Waals surface area contributed by atoms with Crippen molar-refractivity contribution in [3.63, 3.8) is 0 Å². The van der Waals surface area contributed by atoms with Gasteiger partial charge in [0.1, 0.15) is 0 Å². The number of piperazine rings is 1. The highest BCUT2D eigenvalue weighted by molar-refractivity contribution is 6.07. The Morgan fingerprint density at radius 2 is 1.53 bits per heavy atom. The largest absolute Gasteiger partial charge is 0.369 e. The first-order valence-electron chi connectivity index (χ1n) is 11.0. The number of benzene rings is 2. The Morgan fingerprint density at radius 3 is 2.23 bits per heavy atom. The highest BCUT2D eigenvalue weighted by Gasteiger charge is 2.31. The molecule has 1 atom stereocenters. The number of rotatable bonds is 4. The van der Waals surface area contributed by atoms with Crippen molar-refractivity contribution in [1.29, 1.82) is 0 Å². The van der Waals surface area contributed by atoms with Crippen molar-refractivity contribution in [3.05, 3.63) is 65.2 Å². The average molecular weight is 406 g/mol. The lowest BCUT2D eigenvalue weighted by molar-refractivity contribution is 0.0561. The first-order valence-corrected chi connectivity index (χ1v) is 11.0. The minimum absolute atomic E-state index is 0.0101. The highest BCUT2D eigenvalue weighted by atomic mass is 16.2. The van der Waals surface area contributed by atoms with Gasteiger partial charge in [-0.3, -0.25) is 14.5 Å². The third-order valence-corrected chi connectivity index (χ3v) is 6.51. The van der Waals surface area contributed by atoms with Crippen LogP contribution >= 0.6 is 0 Å². The molecule has 2 aromatic rings. The summed E-state index contributed by atoms with van der Waals surface area (Å²) < 4.78 is 0. The predicted molar refractivity (Wildman–Crippen MR) is 120 cm³/mol. The lowest BCUT2D eigenvalue weighted by atomic mass is 9.99. The Hall–Kier alpha value is -2.66. The SMILES string of the molecule is CC(=O)c1ccccc1C(=O)N1CCCC(N2CCN(c3ccccc3C)CC2)C1. The van der Waals surface area contributed by atoms with Gasteiger partial charge >= 0.3 is 0 Å². The number of amides is 1. The number of carbonyl (C=O) groups excluding carboxylic acids is 2. The fraction of sp³-hybridized carbons (Fsp3) is 0.440. The fourth-order valence-electron chi connectivity index (χ4n) is 4.83. The molecule has 2 saturated heterocycles. The molecule has 0 radical (unpaired) electrons. The summed E-state index contributed by atoms with van der Waals surface area (Å²) in [6.07, 6.45) is 2.14. The normalized spacial score (nSPS) is 20.3. The van der Waals surface area contributed by atoms with Crippen molar-refractivity contribution < 1.29 is 9.59 Å². The zero-order valence-electron chi connectivity index (χ0n) is 18.0. The van der Waals surface area contributed by atoms with Crippen molar-refractivity contribution >= 4 is 17.4 Å². The van der Waals surface area contributed by atoms with Crippen molar-refractivity contribution in [1.82, 2.24) is 9.80 Å². The zero-order chi connectivity index (χ0) is 21.1. The molecule has 2 aromatic carbocycles. The van der Waals surface area contributed by atoms with Crippen molar-refractivity contribution in [2.24, 2.45) is 0 Å². The number of anilines is 1. The van der Waals surface area contributed by atoms with Crippen LogP contribution < -0.4 is 4.90 Å². The van der Waals surface area contributed by atoms with E-state index in [0.717, 1.165) is 52.1 Å². The first kappa shape index (κ1) is 20.6. The van der Waals surface area contributed by atoms with E-state index in [1.807, 2.05) is 17.0 Å². The van der Waals surface area contributed by atoms with Crippen LogP contribution in [0.2, 0.25) is 0 Å². The third-order valence-electron chi connectivity index (χ3n) is 6.51. The van der Waals surface area contributed by atoms with Gasteiger partial charge in [0.2, 0.25) is 0 Å². The molecule has 2 heterocycles. The fourth-order valence-corrected chi connectivity index (χ4v) is 4.83. The van der Waals surface area contributed by atoms with Crippen LogP contribution in [-0.2, 0) is 0 Å². The number of carbonyl (C=O) groups is 2. The van der Waals surface area contributed by atoms with Gasteiger partial charge in [-0.1, -0.05) is 36.4 Å². The van der Waals surface area contributed by atoms with Crippen molar-refractivity contribution in [2.75, 3.05) is 44.2 Å². The second-order valence-corrected chi connectivity index (χ2v) is 8.46. The number of aryl methyl sites for hydroxylation is 1. The Bertz CT molecular complexity index is 918. The van der Waals surface area contributed by atoms with Crippen LogP contribution in [0.15, 0.2) is 48.5 Å². The Balaban J connectivity index is 1.40. The van der Waals surface area contributed by atoms with E-state index in [1.54, 1.807) is 12.1 Å². The van der Waals surface area contributed by atoms with Gasteiger partial charge in [-0.15, -0.1) is 0 Å². The molecule has 0 aromatic heterocycles. The first-order chi connectivity index (χ1) is 14.5. The molecule has 2 aliphatic heterocycles. The van der Waals surface area contributed by atoms with Gasteiger partial charge in [0.15, 0.2) is 5.78 Å². The number of ketones is 1. The van der Waals surface area contributed by atoms with Gasteiger partial charge in [0, 0.05) is 56.6 Å². The van der Waals surface area contributed by atoms with E-state index in [4.69, 9.17) is 0 Å². The van der Waals surface area contributed by atoms with Crippen LogP contribution in [0.3, 0.4) is 0 Å². The van der Waals surface area contributed by atoms with E-state index in [0.29, 0.717) is 17.2 Å². The summed E-state index contributed by atoms with van der Waals surface area (Å²) in [6.45, 7) is 9.28. The van der Waals surface area contributed by atoms with E-state index < -0.39 is 0 Å². The Labute approximate surface area is 179 Å². The smallest absolute Gasteiger partial charge is 0.254 e. The molecule has 2 aliphatic rings. The lowest BCUT2D eigenvalue weighted by Gasteiger charge is -2.44. The van der Waals surface area contributed by atoms with Crippen molar-refractivity contribution in [2.45, 2.75) is 32.7 Å². The van der Waals surface area contributed by atoms with Gasteiger partial charge in [-0.2, -0.15) is 0 Å². The molecule has 1 amide bonds. The molecule has 0 bridgehead atoms. The summed E-state index contributed by atoms with van der Waals surface area (Å²) in [6, 6.07) is 16.2. The van der Waals surface area contributed by atoms with Crippen LogP contribution in [0.1, 0.15) is 46.0 Å². The third kappa shape index (κ3) is 4.26. The molecule has 4 rings (SSSR count). The number of hydrogen-bond acceptors (Lipinski definition) is 4. The summed E-state index contributed by atoms with van der Waals surface area (Å²) in [5.74, 6) is -0.0658. The molecule has 0 spiro atoms. The number of hydrogen-bond donors (Lipinski definition) is 0. The van der Waals surface area contributed by atoms with Crippen LogP contribution in [0.5, 0.6) is 0 Å². The standard InChI is InChI=1S/C25H31N3O2/c1-19-8-3-6-12-24(19)27-16-14-26(15-17-27)21-9-7-13-28(18-21)25(30)23-11-5-4-10-22(23)20(2)29/h3-6,8,10-12,21H,7,9,13-18H2,1-2H3. The van der Waals surface area contributed by atoms with Crippen LogP contribution in [0.4, 0.5) is 5.69 Å². The van der Waals surface area contributed by atoms with E-state index in [9.17, 15) is 9.59 Å². The Morgan fingerprint density at radius 1 is 0.867 bits per heavy atom. The molecule has 5 nitrogen and oxygen atoms in total. The van der Waals surface area contributed by atoms with E-state index in [2.05, 4.69) is 41.0 Å². The maximum atomic E-state index is 13.2. The van der Waals surface area contributed by atoms with Gasteiger partial charge in [0.05, 0.1) is 5.56 Å².